The summed E-state index contributed by atoms with van der Waals surface area (Å²) in [6.07, 6.45) is 4.89. The van der Waals surface area contributed by atoms with E-state index in [1.807, 2.05) is 12.1 Å². The summed E-state index contributed by atoms with van der Waals surface area (Å²) in [7, 11) is 2.16. The largest absolute Gasteiger partial charge is 0.389 e. The quantitative estimate of drug-likeness (QED) is 0.861. The molecule has 1 aromatic carbocycles. The second-order valence-electron chi connectivity index (χ2n) is 7.79. The Kier molecular flexibility index (Phi) is 6.10. The number of benzene rings is 1. The summed E-state index contributed by atoms with van der Waals surface area (Å²) < 4.78 is 0. The number of amides is 1. The maximum absolute atomic E-state index is 12.3. The predicted octanol–water partition coefficient (Wildman–Crippen LogP) is 2.46. The zero-order valence-corrected chi connectivity index (χ0v) is 15.3. The van der Waals surface area contributed by atoms with Crippen LogP contribution in [0.3, 0.4) is 0 Å². The lowest BCUT2D eigenvalue weighted by atomic mass is 9.82. The molecule has 25 heavy (non-hydrogen) atoms. The van der Waals surface area contributed by atoms with Crippen LogP contribution in [0, 0.1) is 0 Å². The summed E-state index contributed by atoms with van der Waals surface area (Å²) in [5.74, 6) is -0.0823. The van der Waals surface area contributed by atoms with Crippen LogP contribution in [0.5, 0.6) is 0 Å². The molecule has 138 valence electrons. The van der Waals surface area contributed by atoms with Crippen molar-refractivity contribution in [1.29, 1.82) is 0 Å². The fraction of sp³-hybridized carbons (Fsp3) is 0.650. The van der Waals surface area contributed by atoms with Gasteiger partial charge in [0.25, 0.3) is 0 Å². The van der Waals surface area contributed by atoms with Crippen LogP contribution >= 0.6 is 0 Å². The number of carbonyl (C=O) groups excluding carboxylic acids is 1. The molecule has 1 amide bonds. The second kappa shape index (κ2) is 8.30. The molecule has 0 radical (unpaired) electrons. The molecule has 5 nitrogen and oxygen atoms in total. The third-order valence-corrected chi connectivity index (χ3v) is 5.49. The van der Waals surface area contributed by atoms with Crippen molar-refractivity contribution in [3.63, 3.8) is 0 Å². The van der Waals surface area contributed by atoms with Crippen molar-refractivity contribution in [1.82, 2.24) is 9.80 Å². The average molecular weight is 345 g/mol. The van der Waals surface area contributed by atoms with Gasteiger partial charge in [-0.2, -0.15) is 0 Å². The Hall–Kier alpha value is -1.43. The molecule has 1 saturated heterocycles. The van der Waals surface area contributed by atoms with Gasteiger partial charge in [-0.15, -0.1) is 0 Å². The van der Waals surface area contributed by atoms with Crippen LogP contribution in [0.25, 0.3) is 0 Å². The van der Waals surface area contributed by atoms with Gasteiger partial charge in [0.2, 0.25) is 5.91 Å². The first-order valence-corrected chi connectivity index (χ1v) is 9.55. The van der Waals surface area contributed by atoms with E-state index >= 15 is 0 Å². The van der Waals surface area contributed by atoms with Gasteiger partial charge in [-0.05, 0) is 37.6 Å². The Balaban J connectivity index is 1.53. The number of hydrogen-bond acceptors (Lipinski definition) is 4. The smallest absolute Gasteiger partial charge is 0.227 e. The van der Waals surface area contributed by atoms with Gasteiger partial charge in [0, 0.05) is 38.4 Å². The van der Waals surface area contributed by atoms with Gasteiger partial charge in [0.1, 0.15) is 0 Å². The maximum atomic E-state index is 12.3. The molecule has 2 fully saturated rings. The Bertz CT molecular complexity index is 576. The highest BCUT2D eigenvalue weighted by Gasteiger charge is 2.31. The molecular weight excluding hydrogens is 314 g/mol. The lowest BCUT2D eigenvalue weighted by Crippen LogP contribution is -2.43. The minimum atomic E-state index is -0.806. The van der Waals surface area contributed by atoms with Crippen molar-refractivity contribution in [3.05, 3.63) is 29.8 Å². The van der Waals surface area contributed by atoms with Crippen LogP contribution in [-0.2, 0) is 11.3 Å². The van der Waals surface area contributed by atoms with Gasteiger partial charge in [0.15, 0.2) is 0 Å². The monoisotopic (exact) mass is 345 g/mol. The van der Waals surface area contributed by atoms with Crippen molar-refractivity contribution < 1.29 is 9.90 Å². The number of likely N-dealkylation sites (N-methyl/N-ethyl adjacent to an activating group) is 1. The molecule has 1 aliphatic heterocycles. The number of hydrogen-bond donors (Lipinski definition) is 2. The second-order valence-corrected chi connectivity index (χ2v) is 7.79. The van der Waals surface area contributed by atoms with E-state index in [2.05, 4.69) is 34.3 Å². The lowest BCUT2D eigenvalue weighted by Gasteiger charge is -2.32. The molecule has 0 spiro atoms. The Morgan fingerprint density at radius 2 is 1.88 bits per heavy atom. The van der Waals surface area contributed by atoms with Gasteiger partial charge < -0.3 is 15.3 Å². The molecule has 1 saturated carbocycles. The number of piperazine rings is 1. The van der Waals surface area contributed by atoms with E-state index in [9.17, 15) is 9.90 Å². The number of carbonyl (C=O) groups is 1. The van der Waals surface area contributed by atoms with Crippen LogP contribution in [0.2, 0.25) is 0 Å². The number of aliphatic hydroxyl groups is 1. The van der Waals surface area contributed by atoms with Crippen molar-refractivity contribution in [3.8, 4) is 0 Å². The summed E-state index contributed by atoms with van der Waals surface area (Å²) in [6, 6.07) is 8.09. The normalized spacial score (nSPS) is 21.8. The minimum absolute atomic E-state index is 0.0823. The van der Waals surface area contributed by atoms with Crippen LogP contribution in [0.1, 0.15) is 44.1 Å². The van der Waals surface area contributed by atoms with Crippen LogP contribution in [-0.4, -0.2) is 59.6 Å². The number of nitrogens with one attached hydrogen (secondary N) is 1. The zero-order chi connectivity index (χ0) is 17.7. The topological polar surface area (TPSA) is 55.8 Å². The highest BCUT2D eigenvalue weighted by Crippen LogP contribution is 2.31. The van der Waals surface area contributed by atoms with Crippen molar-refractivity contribution in [2.45, 2.75) is 50.7 Å². The summed E-state index contributed by atoms with van der Waals surface area (Å²) in [5, 5.41) is 13.5. The summed E-state index contributed by atoms with van der Waals surface area (Å²) in [4.78, 5) is 17.1. The van der Waals surface area contributed by atoms with Gasteiger partial charge >= 0.3 is 0 Å². The molecule has 0 atom stereocenters. The van der Waals surface area contributed by atoms with Gasteiger partial charge in [0.05, 0.1) is 12.0 Å². The molecule has 0 unspecified atom stereocenters. The number of nitrogens with zero attached hydrogens (tertiary/aromatic N) is 2. The summed E-state index contributed by atoms with van der Waals surface area (Å²) >= 11 is 0. The first-order valence-electron chi connectivity index (χ1n) is 9.55. The molecular formula is C20H31N3O2. The van der Waals surface area contributed by atoms with Gasteiger partial charge in [-0.25, -0.2) is 0 Å². The fourth-order valence-corrected chi connectivity index (χ4v) is 3.90. The minimum Gasteiger partial charge on any atom is -0.389 e. The highest BCUT2D eigenvalue weighted by atomic mass is 16.3. The molecule has 1 aromatic rings. The van der Waals surface area contributed by atoms with E-state index in [-0.39, 0.29) is 12.3 Å². The van der Waals surface area contributed by atoms with Crippen LogP contribution in [0.15, 0.2) is 24.3 Å². The van der Waals surface area contributed by atoms with E-state index in [0.29, 0.717) is 0 Å². The maximum Gasteiger partial charge on any atom is 0.227 e. The zero-order valence-electron chi connectivity index (χ0n) is 15.3. The van der Waals surface area contributed by atoms with E-state index in [1.165, 1.54) is 5.56 Å². The van der Waals surface area contributed by atoms with Crippen LogP contribution in [0.4, 0.5) is 5.69 Å². The Morgan fingerprint density at radius 3 is 2.60 bits per heavy atom. The molecule has 3 rings (SSSR count). The molecule has 0 bridgehead atoms. The highest BCUT2D eigenvalue weighted by molar-refractivity contribution is 5.91. The van der Waals surface area contributed by atoms with E-state index in [1.54, 1.807) is 0 Å². The summed E-state index contributed by atoms with van der Waals surface area (Å²) in [5.41, 5.74) is 1.24. The van der Waals surface area contributed by atoms with Gasteiger partial charge in [-0.1, -0.05) is 31.4 Å². The molecule has 2 N–H and O–H groups in total. The van der Waals surface area contributed by atoms with E-state index in [4.69, 9.17) is 0 Å². The molecule has 1 aliphatic carbocycles. The average Bonchev–Trinajstić information content (AvgIpc) is 2.57. The molecule has 1 heterocycles. The predicted molar refractivity (Wildman–Crippen MR) is 100 cm³/mol. The first kappa shape index (κ1) is 18.4. The summed E-state index contributed by atoms with van der Waals surface area (Å²) in [6.45, 7) is 5.30. The lowest BCUT2D eigenvalue weighted by molar-refractivity contribution is -0.122. The molecule has 5 heteroatoms. The van der Waals surface area contributed by atoms with Crippen molar-refractivity contribution >= 4 is 11.6 Å². The van der Waals surface area contributed by atoms with E-state index < -0.39 is 5.60 Å². The number of rotatable bonds is 5. The SMILES string of the molecule is CN1CCN(Cc2cccc(NC(=O)CC3(O)CCCCC3)c2)CC1. The molecule has 0 aromatic heterocycles. The Morgan fingerprint density at radius 1 is 1.16 bits per heavy atom. The first-order chi connectivity index (χ1) is 12.0. The van der Waals surface area contributed by atoms with Crippen molar-refractivity contribution in [2.24, 2.45) is 0 Å². The van der Waals surface area contributed by atoms with Gasteiger partial charge in [-0.3, -0.25) is 9.69 Å². The van der Waals surface area contributed by atoms with Crippen molar-refractivity contribution in [2.75, 3.05) is 38.5 Å². The Labute approximate surface area is 151 Å². The third-order valence-electron chi connectivity index (χ3n) is 5.49. The third kappa shape index (κ3) is 5.53. The standard InChI is InChI=1S/C20H31N3O2/c1-22-10-12-23(13-11-22)16-17-6-5-7-18(14-17)21-19(24)15-20(25)8-3-2-4-9-20/h5-7,14,25H,2-4,8-13,15-16H2,1H3,(H,21,24). The molecule has 2 aliphatic rings. The fourth-order valence-electron chi connectivity index (χ4n) is 3.90. The van der Waals surface area contributed by atoms with E-state index in [0.717, 1.165) is 70.5 Å². The number of anilines is 1. The van der Waals surface area contributed by atoms with Crippen LogP contribution < -0.4 is 5.32 Å².